The first-order valence-electron chi connectivity index (χ1n) is 9.51. The van der Waals surface area contributed by atoms with Gasteiger partial charge in [-0.05, 0) is 50.0 Å². The van der Waals surface area contributed by atoms with E-state index in [0.717, 1.165) is 37.2 Å². The highest BCUT2D eigenvalue weighted by Gasteiger charge is 2.35. The van der Waals surface area contributed by atoms with Crippen LogP contribution in [0.3, 0.4) is 0 Å². The maximum absolute atomic E-state index is 11.3. The Kier molecular flexibility index (Phi) is 6.29. The van der Waals surface area contributed by atoms with E-state index in [4.69, 9.17) is 0 Å². The largest absolute Gasteiger partial charge is 0.465 e. The van der Waals surface area contributed by atoms with Gasteiger partial charge in [0.05, 0.1) is 0 Å². The fourth-order valence-corrected chi connectivity index (χ4v) is 4.02. The fraction of sp³-hybridized carbons (Fsp3) is 0.409. The van der Waals surface area contributed by atoms with Crippen molar-refractivity contribution in [1.82, 2.24) is 10.2 Å². The molecule has 2 N–H and O–H groups in total. The Hall–Kier alpha value is -2.33. The normalized spacial score (nSPS) is 15.5. The number of carbonyl (C=O) groups is 1. The van der Waals surface area contributed by atoms with Gasteiger partial charge in [-0.3, -0.25) is 0 Å². The fourth-order valence-electron chi connectivity index (χ4n) is 4.02. The molecule has 0 atom stereocenters. The van der Waals surface area contributed by atoms with E-state index >= 15 is 0 Å². The van der Waals surface area contributed by atoms with E-state index in [1.165, 1.54) is 19.3 Å². The molecule has 1 heterocycles. The Morgan fingerprint density at radius 1 is 0.923 bits per heavy atom. The minimum Gasteiger partial charge on any atom is -0.465 e. The lowest BCUT2D eigenvalue weighted by atomic mass is 9.71. The Bertz CT molecular complexity index is 642. The SMILES string of the molecule is O=C(O)NCC(CCN1CCCCC1)(c1ccccc1)c1ccccc1. The van der Waals surface area contributed by atoms with Crippen molar-refractivity contribution in [1.29, 1.82) is 0 Å². The van der Waals surface area contributed by atoms with Gasteiger partial charge in [-0.1, -0.05) is 67.1 Å². The second-order valence-electron chi connectivity index (χ2n) is 7.13. The van der Waals surface area contributed by atoms with Crippen molar-refractivity contribution >= 4 is 6.09 Å². The van der Waals surface area contributed by atoms with Gasteiger partial charge in [0, 0.05) is 12.0 Å². The highest BCUT2D eigenvalue weighted by molar-refractivity contribution is 5.65. The molecule has 0 saturated carbocycles. The van der Waals surface area contributed by atoms with Crippen LogP contribution in [-0.4, -0.2) is 42.3 Å². The maximum Gasteiger partial charge on any atom is 0.404 e. The first kappa shape index (κ1) is 18.5. The number of rotatable bonds is 7. The number of hydrogen-bond acceptors (Lipinski definition) is 2. The minimum atomic E-state index is -0.973. The molecule has 2 aromatic carbocycles. The van der Waals surface area contributed by atoms with E-state index in [1.807, 2.05) is 36.4 Å². The first-order valence-corrected chi connectivity index (χ1v) is 9.51. The number of hydrogen-bond donors (Lipinski definition) is 2. The number of likely N-dealkylation sites (tertiary alicyclic amines) is 1. The van der Waals surface area contributed by atoms with Crippen LogP contribution in [0.5, 0.6) is 0 Å². The zero-order valence-corrected chi connectivity index (χ0v) is 15.2. The average Bonchev–Trinajstić information content (AvgIpc) is 2.70. The summed E-state index contributed by atoms with van der Waals surface area (Å²) >= 11 is 0. The summed E-state index contributed by atoms with van der Waals surface area (Å²) in [6.45, 7) is 3.65. The summed E-state index contributed by atoms with van der Waals surface area (Å²) in [4.78, 5) is 13.8. The van der Waals surface area contributed by atoms with Gasteiger partial charge < -0.3 is 15.3 Å². The number of carboxylic acid groups (broad SMARTS) is 1. The van der Waals surface area contributed by atoms with Gasteiger partial charge in [0.2, 0.25) is 0 Å². The molecule has 0 aromatic heterocycles. The lowest BCUT2D eigenvalue weighted by molar-refractivity contribution is 0.187. The summed E-state index contributed by atoms with van der Waals surface area (Å²) in [5.41, 5.74) is 1.96. The monoisotopic (exact) mass is 352 g/mol. The average molecular weight is 352 g/mol. The smallest absolute Gasteiger partial charge is 0.404 e. The van der Waals surface area contributed by atoms with Gasteiger partial charge in [-0.2, -0.15) is 0 Å². The van der Waals surface area contributed by atoms with Gasteiger partial charge in [-0.15, -0.1) is 0 Å². The molecule has 2 aromatic rings. The lowest BCUT2D eigenvalue weighted by Crippen LogP contribution is -2.44. The zero-order chi connectivity index (χ0) is 18.2. The van der Waals surface area contributed by atoms with Crippen molar-refractivity contribution in [2.45, 2.75) is 31.1 Å². The summed E-state index contributed by atoms with van der Waals surface area (Å²) in [5, 5.41) is 11.9. The predicted molar refractivity (Wildman–Crippen MR) is 105 cm³/mol. The van der Waals surface area contributed by atoms with E-state index in [1.54, 1.807) is 0 Å². The predicted octanol–water partition coefficient (Wildman–Crippen LogP) is 4.12. The van der Waals surface area contributed by atoms with Crippen LogP contribution in [0.25, 0.3) is 0 Å². The second-order valence-corrected chi connectivity index (χ2v) is 7.13. The van der Waals surface area contributed by atoms with Gasteiger partial charge in [-0.25, -0.2) is 4.79 Å². The Labute approximate surface area is 155 Å². The highest BCUT2D eigenvalue weighted by atomic mass is 16.4. The maximum atomic E-state index is 11.3. The van der Waals surface area contributed by atoms with Crippen LogP contribution >= 0.6 is 0 Å². The molecular formula is C22H28N2O2. The Morgan fingerprint density at radius 2 is 1.46 bits per heavy atom. The van der Waals surface area contributed by atoms with Gasteiger partial charge >= 0.3 is 6.09 Å². The van der Waals surface area contributed by atoms with Crippen LogP contribution in [0.4, 0.5) is 4.79 Å². The van der Waals surface area contributed by atoms with E-state index in [2.05, 4.69) is 34.5 Å². The lowest BCUT2D eigenvalue weighted by Gasteiger charge is -2.38. The standard InChI is InChI=1S/C22H28N2O2/c25-21(26)23-18-22(19-10-4-1-5-11-19,20-12-6-2-7-13-20)14-17-24-15-8-3-9-16-24/h1-2,4-7,10-13,23H,3,8-9,14-18H2,(H,25,26). The van der Waals surface area contributed by atoms with E-state index in [-0.39, 0.29) is 5.41 Å². The molecule has 1 saturated heterocycles. The van der Waals surface area contributed by atoms with E-state index in [9.17, 15) is 9.90 Å². The molecule has 0 aliphatic carbocycles. The highest BCUT2D eigenvalue weighted by Crippen LogP contribution is 2.36. The van der Waals surface area contributed by atoms with E-state index in [0.29, 0.717) is 6.54 Å². The van der Waals surface area contributed by atoms with Crippen LogP contribution in [0.2, 0.25) is 0 Å². The molecule has 4 nitrogen and oxygen atoms in total. The first-order chi connectivity index (χ1) is 12.7. The number of piperidine rings is 1. The number of amides is 1. The van der Waals surface area contributed by atoms with Crippen molar-refractivity contribution in [2.24, 2.45) is 0 Å². The van der Waals surface area contributed by atoms with Gasteiger partial charge in [0.25, 0.3) is 0 Å². The van der Waals surface area contributed by atoms with Crippen LogP contribution in [-0.2, 0) is 5.41 Å². The molecule has 26 heavy (non-hydrogen) atoms. The third kappa shape index (κ3) is 4.44. The summed E-state index contributed by atoms with van der Waals surface area (Å²) in [6.07, 6.45) is 3.76. The molecule has 0 radical (unpaired) electrons. The number of nitrogens with one attached hydrogen (secondary N) is 1. The summed E-state index contributed by atoms with van der Waals surface area (Å²) in [6, 6.07) is 20.6. The molecule has 0 bridgehead atoms. The van der Waals surface area contributed by atoms with E-state index < -0.39 is 6.09 Å². The van der Waals surface area contributed by atoms with Crippen molar-refractivity contribution in [2.75, 3.05) is 26.2 Å². The van der Waals surface area contributed by atoms with Crippen molar-refractivity contribution < 1.29 is 9.90 Å². The van der Waals surface area contributed by atoms with Crippen molar-refractivity contribution in [3.8, 4) is 0 Å². The zero-order valence-electron chi connectivity index (χ0n) is 15.2. The molecule has 0 spiro atoms. The van der Waals surface area contributed by atoms with Crippen LogP contribution in [0, 0.1) is 0 Å². The molecule has 4 heteroatoms. The molecule has 1 amide bonds. The molecule has 138 valence electrons. The third-order valence-electron chi connectivity index (χ3n) is 5.50. The summed E-state index contributed by atoms with van der Waals surface area (Å²) < 4.78 is 0. The number of nitrogens with zero attached hydrogens (tertiary/aromatic N) is 1. The Morgan fingerprint density at radius 3 is 1.96 bits per heavy atom. The summed E-state index contributed by atoms with van der Waals surface area (Å²) in [5.74, 6) is 0. The van der Waals surface area contributed by atoms with Crippen LogP contribution in [0.15, 0.2) is 60.7 Å². The minimum absolute atomic E-state index is 0.363. The van der Waals surface area contributed by atoms with Crippen molar-refractivity contribution in [3.63, 3.8) is 0 Å². The van der Waals surface area contributed by atoms with Crippen molar-refractivity contribution in [3.05, 3.63) is 71.8 Å². The van der Waals surface area contributed by atoms with Crippen LogP contribution < -0.4 is 5.32 Å². The summed E-state index contributed by atoms with van der Waals surface area (Å²) in [7, 11) is 0. The molecule has 1 aliphatic rings. The third-order valence-corrected chi connectivity index (χ3v) is 5.50. The second kappa shape index (κ2) is 8.86. The number of benzene rings is 2. The topological polar surface area (TPSA) is 52.6 Å². The quantitative estimate of drug-likeness (QED) is 0.788. The molecule has 1 fully saturated rings. The van der Waals surface area contributed by atoms with Gasteiger partial charge in [0.1, 0.15) is 0 Å². The van der Waals surface area contributed by atoms with Crippen LogP contribution in [0.1, 0.15) is 36.8 Å². The van der Waals surface area contributed by atoms with Gasteiger partial charge in [0.15, 0.2) is 0 Å². The molecule has 3 rings (SSSR count). The molecule has 0 unspecified atom stereocenters. The molecule has 1 aliphatic heterocycles. The molecular weight excluding hydrogens is 324 g/mol. The Balaban J connectivity index is 1.94.